The Bertz CT molecular complexity index is 353. The van der Waals surface area contributed by atoms with Crippen molar-refractivity contribution in [2.45, 2.75) is 39.7 Å². The van der Waals surface area contributed by atoms with Crippen LogP contribution in [0.5, 0.6) is 0 Å². The summed E-state index contributed by atoms with van der Waals surface area (Å²) in [6.45, 7) is 7.46. The van der Waals surface area contributed by atoms with Gasteiger partial charge >= 0.3 is 0 Å². The molecule has 1 nitrogen and oxygen atoms in total. The molecule has 1 rings (SSSR count). The van der Waals surface area contributed by atoms with Crippen LogP contribution in [-0.2, 0) is 0 Å². The number of rotatable bonds is 5. The van der Waals surface area contributed by atoms with Gasteiger partial charge in [-0.15, -0.1) is 12.3 Å². The van der Waals surface area contributed by atoms with Gasteiger partial charge in [-0.1, -0.05) is 29.3 Å². The highest BCUT2D eigenvalue weighted by Crippen LogP contribution is 2.16. The second-order valence-corrected chi connectivity index (χ2v) is 4.40. The van der Waals surface area contributed by atoms with Crippen molar-refractivity contribution in [1.29, 1.82) is 0 Å². The van der Waals surface area contributed by atoms with Crippen LogP contribution in [0.4, 0.5) is 0 Å². The first-order valence-electron chi connectivity index (χ1n) is 5.88. The van der Waals surface area contributed by atoms with Crippen molar-refractivity contribution in [2.24, 2.45) is 0 Å². The molecule has 0 aliphatic heterocycles. The van der Waals surface area contributed by atoms with Crippen LogP contribution in [0.25, 0.3) is 0 Å². The fourth-order valence-corrected chi connectivity index (χ4v) is 1.89. The first-order chi connectivity index (χ1) is 7.63. The van der Waals surface area contributed by atoms with Crippen LogP contribution in [-0.4, -0.2) is 6.54 Å². The Balaban J connectivity index is 2.52. The molecule has 0 spiro atoms. The van der Waals surface area contributed by atoms with E-state index < -0.39 is 0 Å². The van der Waals surface area contributed by atoms with Crippen molar-refractivity contribution in [3.05, 3.63) is 34.9 Å². The Hall–Kier alpha value is -1.26. The van der Waals surface area contributed by atoms with E-state index in [1.807, 2.05) is 0 Å². The number of unbranched alkanes of at least 4 members (excludes halogenated alkanes) is 1. The Morgan fingerprint density at radius 2 is 1.88 bits per heavy atom. The standard InChI is InChI=1S/C15H21N/c1-5-6-7-8-16-14(4)15-10-12(2)9-13(3)11-15/h1,9-11,14,16H,6-8H2,2-4H3. The van der Waals surface area contributed by atoms with Gasteiger partial charge in [-0.3, -0.25) is 0 Å². The van der Waals surface area contributed by atoms with Crippen LogP contribution in [0.15, 0.2) is 18.2 Å². The second kappa shape index (κ2) is 6.35. The molecule has 0 aliphatic rings. The monoisotopic (exact) mass is 215 g/mol. The molecule has 0 radical (unpaired) electrons. The van der Waals surface area contributed by atoms with Crippen LogP contribution in [0, 0.1) is 26.2 Å². The van der Waals surface area contributed by atoms with Gasteiger partial charge in [0, 0.05) is 12.5 Å². The van der Waals surface area contributed by atoms with E-state index in [4.69, 9.17) is 6.42 Å². The van der Waals surface area contributed by atoms with Crippen molar-refractivity contribution < 1.29 is 0 Å². The van der Waals surface area contributed by atoms with Crippen LogP contribution < -0.4 is 5.32 Å². The van der Waals surface area contributed by atoms with Crippen LogP contribution in [0.2, 0.25) is 0 Å². The summed E-state index contributed by atoms with van der Waals surface area (Å²) in [5.74, 6) is 2.66. The maximum absolute atomic E-state index is 5.22. The highest BCUT2D eigenvalue weighted by Gasteiger charge is 2.04. The molecule has 0 bridgehead atoms. The lowest BCUT2D eigenvalue weighted by molar-refractivity contribution is 0.562. The van der Waals surface area contributed by atoms with Crippen LogP contribution >= 0.6 is 0 Å². The van der Waals surface area contributed by atoms with Gasteiger partial charge < -0.3 is 5.32 Å². The van der Waals surface area contributed by atoms with Crippen molar-refractivity contribution in [3.63, 3.8) is 0 Å². The molecule has 0 amide bonds. The summed E-state index contributed by atoms with van der Waals surface area (Å²) in [5, 5.41) is 3.49. The molecule has 1 unspecified atom stereocenters. The van der Waals surface area contributed by atoms with E-state index in [2.05, 4.69) is 50.2 Å². The molecule has 16 heavy (non-hydrogen) atoms. The quantitative estimate of drug-likeness (QED) is 0.586. The first-order valence-corrected chi connectivity index (χ1v) is 5.88. The summed E-state index contributed by atoms with van der Waals surface area (Å²) in [5.41, 5.74) is 4.01. The average molecular weight is 215 g/mol. The molecule has 1 heteroatoms. The molecule has 0 saturated heterocycles. The SMILES string of the molecule is C#CCCCNC(C)c1cc(C)cc(C)c1. The van der Waals surface area contributed by atoms with Crippen LogP contribution in [0.3, 0.4) is 0 Å². The van der Waals surface area contributed by atoms with Gasteiger partial charge in [0.25, 0.3) is 0 Å². The predicted molar refractivity (Wildman–Crippen MR) is 70.4 cm³/mol. The number of hydrogen-bond acceptors (Lipinski definition) is 1. The maximum Gasteiger partial charge on any atom is 0.0291 e. The summed E-state index contributed by atoms with van der Waals surface area (Å²) in [6.07, 6.45) is 7.12. The second-order valence-electron chi connectivity index (χ2n) is 4.40. The topological polar surface area (TPSA) is 12.0 Å². The van der Waals surface area contributed by atoms with Crippen molar-refractivity contribution in [1.82, 2.24) is 5.32 Å². The Morgan fingerprint density at radius 1 is 1.25 bits per heavy atom. The van der Waals surface area contributed by atoms with E-state index in [-0.39, 0.29) is 0 Å². The number of nitrogens with one attached hydrogen (secondary N) is 1. The van der Waals surface area contributed by atoms with Gasteiger partial charge in [0.15, 0.2) is 0 Å². The zero-order valence-corrected chi connectivity index (χ0v) is 10.5. The van der Waals surface area contributed by atoms with Crippen LogP contribution in [0.1, 0.15) is 42.5 Å². The molecular formula is C15H21N. The molecule has 0 heterocycles. The lowest BCUT2D eigenvalue weighted by Crippen LogP contribution is -2.19. The Morgan fingerprint density at radius 3 is 2.44 bits per heavy atom. The smallest absolute Gasteiger partial charge is 0.0291 e. The van der Waals surface area contributed by atoms with Gasteiger partial charge in [-0.2, -0.15) is 0 Å². The molecular weight excluding hydrogens is 194 g/mol. The third-order valence-corrected chi connectivity index (χ3v) is 2.69. The highest BCUT2D eigenvalue weighted by molar-refractivity contribution is 5.30. The van der Waals surface area contributed by atoms with Crippen molar-refractivity contribution in [2.75, 3.05) is 6.54 Å². The van der Waals surface area contributed by atoms with E-state index in [0.29, 0.717) is 6.04 Å². The summed E-state index contributed by atoms with van der Waals surface area (Å²) in [4.78, 5) is 0. The van der Waals surface area contributed by atoms with Gasteiger partial charge in [0.1, 0.15) is 0 Å². The van der Waals surface area contributed by atoms with Gasteiger partial charge in [-0.25, -0.2) is 0 Å². The summed E-state index contributed by atoms with van der Waals surface area (Å²) >= 11 is 0. The van der Waals surface area contributed by atoms with E-state index in [9.17, 15) is 0 Å². The molecule has 1 aromatic rings. The maximum atomic E-state index is 5.22. The molecule has 86 valence electrons. The number of terminal acetylenes is 1. The van der Waals surface area contributed by atoms with Crippen molar-refractivity contribution in [3.8, 4) is 12.3 Å². The molecule has 1 N–H and O–H groups in total. The molecule has 0 aliphatic carbocycles. The minimum atomic E-state index is 0.399. The van der Waals surface area contributed by atoms with Gasteiger partial charge in [-0.05, 0) is 39.3 Å². The lowest BCUT2D eigenvalue weighted by Gasteiger charge is -2.15. The first kappa shape index (κ1) is 12.8. The van der Waals surface area contributed by atoms with E-state index in [1.54, 1.807) is 0 Å². The largest absolute Gasteiger partial charge is 0.310 e. The fraction of sp³-hybridized carbons (Fsp3) is 0.467. The van der Waals surface area contributed by atoms with E-state index in [0.717, 1.165) is 19.4 Å². The third-order valence-electron chi connectivity index (χ3n) is 2.69. The minimum Gasteiger partial charge on any atom is -0.310 e. The molecule has 1 aromatic carbocycles. The zero-order chi connectivity index (χ0) is 12.0. The summed E-state index contributed by atoms with van der Waals surface area (Å²) < 4.78 is 0. The lowest BCUT2D eigenvalue weighted by atomic mass is 10.0. The van der Waals surface area contributed by atoms with Gasteiger partial charge in [0.05, 0.1) is 0 Å². The highest BCUT2D eigenvalue weighted by atomic mass is 14.9. The Labute approximate surface area is 99.3 Å². The Kier molecular flexibility index (Phi) is 5.08. The minimum absolute atomic E-state index is 0.399. The van der Waals surface area contributed by atoms with E-state index >= 15 is 0 Å². The number of hydrogen-bond donors (Lipinski definition) is 1. The zero-order valence-electron chi connectivity index (χ0n) is 10.5. The molecule has 0 aromatic heterocycles. The number of benzene rings is 1. The van der Waals surface area contributed by atoms with E-state index in [1.165, 1.54) is 16.7 Å². The third kappa shape index (κ3) is 4.08. The van der Waals surface area contributed by atoms with Gasteiger partial charge in [0.2, 0.25) is 0 Å². The average Bonchev–Trinajstić information content (AvgIpc) is 2.22. The molecule has 1 atom stereocenters. The molecule has 0 saturated carbocycles. The number of aryl methyl sites for hydroxylation is 2. The van der Waals surface area contributed by atoms with Crippen molar-refractivity contribution >= 4 is 0 Å². The normalized spacial score (nSPS) is 12.1. The summed E-state index contributed by atoms with van der Waals surface area (Å²) in [6, 6.07) is 7.09. The molecule has 0 fully saturated rings. The summed E-state index contributed by atoms with van der Waals surface area (Å²) in [7, 11) is 0. The predicted octanol–water partition coefficient (Wildman–Crippen LogP) is 3.37. The fourth-order valence-electron chi connectivity index (χ4n) is 1.89.